The van der Waals surface area contributed by atoms with Gasteiger partial charge in [-0.05, 0) is 55.5 Å². The number of hydrogen-bond donors (Lipinski definition) is 1. The van der Waals surface area contributed by atoms with Crippen LogP contribution in [0.2, 0.25) is 0 Å². The second-order valence-electron chi connectivity index (χ2n) is 4.34. The van der Waals surface area contributed by atoms with Gasteiger partial charge in [-0.2, -0.15) is 0 Å². The first-order valence-corrected chi connectivity index (χ1v) is 6.91. The maximum Gasteiger partial charge on any atom is 0.119 e. The lowest BCUT2D eigenvalue weighted by atomic mass is 9.96. The van der Waals surface area contributed by atoms with E-state index >= 15 is 0 Å². The van der Waals surface area contributed by atoms with Gasteiger partial charge in [0, 0.05) is 10.9 Å². The summed E-state index contributed by atoms with van der Waals surface area (Å²) in [6, 6.07) is 8.02. The van der Waals surface area contributed by atoms with E-state index in [1.807, 2.05) is 24.3 Å². The van der Waals surface area contributed by atoms with Crippen LogP contribution in [-0.4, -0.2) is 12.4 Å². The van der Waals surface area contributed by atoms with E-state index in [0.29, 0.717) is 5.25 Å². The third kappa shape index (κ3) is 3.43. The molecule has 1 aromatic carbocycles. The summed E-state index contributed by atoms with van der Waals surface area (Å²) in [6.07, 6.45) is 5.05. The molecule has 0 spiro atoms. The minimum Gasteiger partial charge on any atom is -0.497 e. The summed E-state index contributed by atoms with van der Waals surface area (Å²) in [5.74, 6) is 0.891. The average molecular weight is 249 g/mol. The van der Waals surface area contributed by atoms with Crippen molar-refractivity contribution >= 4 is 17.6 Å². The zero-order valence-corrected chi connectivity index (χ0v) is 11.1. The van der Waals surface area contributed by atoms with Crippen LogP contribution in [-0.2, 0) is 0 Å². The Hall–Kier alpha value is -1.09. The normalized spacial score (nSPS) is 20.1. The summed E-state index contributed by atoms with van der Waals surface area (Å²) in [7, 11) is 1.68. The lowest BCUT2D eigenvalue weighted by Gasteiger charge is -2.24. The van der Waals surface area contributed by atoms with Gasteiger partial charge in [0.25, 0.3) is 0 Å². The third-order valence-electron chi connectivity index (χ3n) is 3.08. The van der Waals surface area contributed by atoms with Crippen LogP contribution in [0.4, 0.5) is 5.69 Å². The molecule has 0 aliphatic heterocycles. The molecule has 0 radical (unpaired) electrons. The van der Waals surface area contributed by atoms with Crippen LogP contribution in [0.5, 0.6) is 5.75 Å². The second-order valence-corrected chi connectivity index (χ2v) is 5.35. The van der Waals surface area contributed by atoms with Crippen molar-refractivity contribution in [2.24, 2.45) is 0 Å². The maximum atomic E-state index is 5.13. The first-order valence-electron chi connectivity index (χ1n) is 6.03. The molecule has 1 aliphatic carbocycles. The van der Waals surface area contributed by atoms with Gasteiger partial charge in [0.2, 0.25) is 0 Å². The van der Waals surface area contributed by atoms with Crippen molar-refractivity contribution in [1.82, 2.24) is 0 Å². The van der Waals surface area contributed by atoms with Gasteiger partial charge in [-0.1, -0.05) is 18.6 Å². The lowest BCUT2D eigenvalue weighted by Crippen LogP contribution is -2.13. The number of nitrogens with one attached hydrogen (secondary N) is 1. The smallest absolute Gasteiger partial charge is 0.119 e. The molecule has 1 fully saturated rings. The van der Waals surface area contributed by atoms with Gasteiger partial charge in [0.1, 0.15) is 5.75 Å². The van der Waals surface area contributed by atoms with Crippen LogP contribution < -0.4 is 9.46 Å². The minimum absolute atomic E-state index is 0.561. The number of hydrogen-bond acceptors (Lipinski definition) is 3. The predicted molar refractivity (Wildman–Crippen MR) is 75.6 cm³/mol. The van der Waals surface area contributed by atoms with Gasteiger partial charge in [-0.3, -0.25) is 0 Å². The summed E-state index contributed by atoms with van der Waals surface area (Å²) >= 11 is 1.78. The lowest BCUT2D eigenvalue weighted by molar-refractivity contribution is 0.415. The predicted octanol–water partition coefficient (Wildman–Crippen LogP) is 4.25. The molecule has 92 valence electrons. The van der Waals surface area contributed by atoms with Gasteiger partial charge in [0.05, 0.1) is 7.11 Å². The zero-order valence-electron chi connectivity index (χ0n) is 10.2. The van der Waals surface area contributed by atoms with Gasteiger partial charge < -0.3 is 9.46 Å². The number of methoxy groups -OCH3 is 1. The van der Waals surface area contributed by atoms with Crippen molar-refractivity contribution in [3.8, 4) is 5.75 Å². The molecule has 2 rings (SSSR count). The Morgan fingerprint density at radius 2 is 2.06 bits per heavy atom. The van der Waals surface area contributed by atoms with Crippen molar-refractivity contribution in [1.29, 1.82) is 0 Å². The molecule has 1 aliphatic rings. The van der Waals surface area contributed by atoms with E-state index in [1.54, 1.807) is 19.1 Å². The number of ether oxygens (including phenoxy) is 1. The van der Waals surface area contributed by atoms with Crippen LogP contribution in [0, 0.1) is 0 Å². The quantitative estimate of drug-likeness (QED) is 0.636. The summed E-state index contributed by atoms with van der Waals surface area (Å²) in [5.41, 5.74) is 2.50. The number of benzene rings is 1. The Bertz CT molecular complexity index is 374. The first-order chi connectivity index (χ1) is 8.29. The fraction of sp³-hybridized carbons (Fsp3) is 0.429. The molecule has 2 nitrogen and oxygen atoms in total. The molecule has 0 heterocycles. The molecule has 1 unspecified atom stereocenters. The van der Waals surface area contributed by atoms with Crippen LogP contribution in [0.15, 0.2) is 36.4 Å². The summed E-state index contributed by atoms with van der Waals surface area (Å²) < 4.78 is 8.53. The van der Waals surface area contributed by atoms with E-state index in [9.17, 15) is 0 Å². The van der Waals surface area contributed by atoms with Crippen molar-refractivity contribution in [3.05, 3.63) is 36.4 Å². The largest absolute Gasteiger partial charge is 0.497 e. The van der Waals surface area contributed by atoms with Crippen LogP contribution in [0.1, 0.15) is 25.7 Å². The first kappa shape index (κ1) is 12.4. The molecule has 3 heteroatoms. The monoisotopic (exact) mass is 249 g/mol. The van der Waals surface area contributed by atoms with Crippen molar-refractivity contribution < 1.29 is 4.74 Å². The zero-order chi connectivity index (χ0) is 12.1. The summed E-state index contributed by atoms with van der Waals surface area (Å²) in [5, 5.41) is 0.561. The second kappa shape index (κ2) is 6.01. The van der Waals surface area contributed by atoms with E-state index in [4.69, 9.17) is 4.74 Å². The topological polar surface area (TPSA) is 21.3 Å². The summed E-state index contributed by atoms with van der Waals surface area (Å²) in [4.78, 5) is 0. The van der Waals surface area contributed by atoms with Crippen LogP contribution in [0.3, 0.4) is 0 Å². The van der Waals surface area contributed by atoms with E-state index in [-0.39, 0.29) is 0 Å². The summed E-state index contributed by atoms with van der Waals surface area (Å²) in [6.45, 7) is 4.15. The van der Waals surface area contributed by atoms with Crippen molar-refractivity contribution in [2.45, 2.75) is 30.9 Å². The molecule has 1 saturated carbocycles. The van der Waals surface area contributed by atoms with E-state index in [1.165, 1.54) is 31.3 Å². The highest BCUT2D eigenvalue weighted by molar-refractivity contribution is 8.01. The molecular weight excluding hydrogens is 230 g/mol. The van der Waals surface area contributed by atoms with E-state index in [2.05, 4.69) is 11.3 Å². The molecule has 1 aromatic rings. The highest BCUT2D eigenvalue weighted by Crippen LogP contribution is 2.32. The van der Waals surface area contributed by atoms with Crippen molar-refractivity contribution in [3.63, 3.8) is 0 Å². The third-order valence-corrected chi connectivity index (χ3v) is 4.29. The van der Waals surface area contributed by atoms with Crippen molar-refractivity contribution in [2.75, 3.05) is 11.8 Å². The fourth-order valence-corrected chi connectivity index (χ4v) is 2.97. The van der Waals surface area contributed by atoms with Crippen LogP contribution in [0.25, 0.3) is 0 Å². The molecule has 0 bridgehead atoms. The van der Waals surface area contributed by atoms with E-state index < -0.39 is 0 Å². The highest BCUT2D eigenvalue weighted by Gasteiger charge is 2.17. The Kier molecular flexibility index (Phi) is 4.37. The Labute approximate surface area is 108 Å². The Morgan fingerprint density at radius 3 is 2.71 bits per heavy atom. The fourth-order valence-electron chi connectivity index (χ4n) is 1.99. The van der Waals surface area contributed by atoms with Gasteiger partial charge in [-0.15, -0.1) is 0 Å². The molecule has 0 amide bonds. The average Bonchev–Trinajstić information content (AvgIpc) is 2.38. The van der Waals surface area contributed by atoms with E-state index in [0.717, 1.165) is 11.4 Å². The number of anilines is 1. The van der Waals surface area contributed by atoms with Gasteiger partial charge in [0.15, 0.2) is 0 Å². The molecule has 0 aromatic heterocycles. The number of rotatable bonds is 4. The SMILES string of the molecule is C=C1CCCCC1SNc1ccc(OC)cc1. The molecule has 0 saturated heterocycles. The van der Waals surface area contributed by atoms with Gasteiger partial charge in [-0.25, -0.2) is 0 Å². The standard InChI is InChI=1S/C14H19NOS/c1-11-5-3-4-6-14(11)17-15-12-7-9-13(16-2)10-8-12/h7-10,14-15H,1,3-6H2,2H3. The minimum atomic E-state index is 0.561. The maximum absolute atomic E-state index is 5.13. The molecule has 17 heavy (non-hydrogen) atoms. The van der Waals surface area contributed by atoms with Gasteiger partial charge >= 0.3 is 0 Å². The molecular formula is C14H19NOS. The molecule has 1 atom stereocenters. The Morgan fingerprint density at radius 1 is 1.29 bits per heavy atom. The highest BCUT2D eigenvalue weighted by atomic mass is 32.2. The molecule has 1 N–H and O–H groups in total. The van der Waals surface area contributed by atoms with Crippen LogP contribution >= 0.6 is 11.9 Å². The Balaban J connectivity index is 1.86.